The van der Waals surface area contributed by atoms with Crippen LogP contribution in [-0.4, -0.2) is 26.3 Å². The molecule has 1 aromatic heterocycles. The van der Waals surface area contributed by atoms with Gasteiger partial charge in [0.2, 0.25) is 0 Å². The van der Waals surface area contributed by atoms with E-state index < -0.39 is 0 Å². The van der Waals surface area contributed by atoms with Crippen LogP contribution in [0.5, 0.6) is 11.5 Å². The number of ether oxygens (including phenoxy) is 2. The van der Waals surface area contributed by atoms with Gasteiger partial charge in [0.1, 0.15) is 11.6 Å². The molecule has 0 aliphatic rings. The largest absolute Gasteiger partial charge is 0.493 e. The summed E-state index contributed by atoms with van der Waals surface area (Å²) in [6.45, 7) is 2.00. The first kappa shape index (κ1) is 17.4. The number of aromatic nitrogens is 1. The lowest BCUT2D eigenvalue weighted by atomic mass is 10.1. The third kappa shape index (κ3) is 4.52. The van der Waals surface area contributed by atoms with Crippen LogP contribution in [0.15, 0.2) is 48.7 Å². The zero-order valence-electron chi connectivity index (χ0n) is 14.5. The Hall–Kier alpha value is -2.95. The Morgan fingerprint density at radius 2 is 1.83 bits per heavy atom. The van der Waals surface area contributed by atoms with E-state index in [2.05, 4.69) is 21.7 Å². The second-order valence-electron chi connectivity index (χ2n) is 5.09. The molecule has 5 nitrogen and oxygen atoms in total. The van der Waals surface area contributed by atoms with Gasteiger partial charge in [0, 0.05) is 13.2 Å². The van der Waals surface area contributed by atoms with Crippen molar-refractivity contribution in [1.29, 1.82) is 0 Å². The van der Waals surface area contributed by atoms with Crippen LogP contribution in [0, 0.1) is 6.92 Å². The molecule has 5 heteroatoms. The molecule has 2 rings (SSSR count). The van der Waals surface area contributed by atoms with Gasteiger partial charge >= 0.3 is 0 Å². The fraction of sp³-hybridized carbons (Fsp3) is 0.211. The predicted molar refractivity (Wildman–Crippen MR) is 99.9 cm³/mol. The van der Waals surface area contributed by atoms with E-state index in [1.165, 1.54) is 0 Å². The molecule has 0 saturated heterocycles. The molecule has 126 valence electrons. The van der Waals surface area contributed by atoms with Crippen LogP contribution in [0.2, 0.25) is 0 Å². The van der Waals surface area contributed by atoms with Gasteiger partial charge in [-0.05, 0) is 48.4 Å². The quantitative estimate of drug-likeness (QED) is 0.751. The Morgan fingerprint density at radius 1 is 1.04 bits per heavy atom. The van der Waals surface area contributed by atoms with Gasteiger partial charge in [-0.3, -0.25) is 0 Å². The van der Waals surface area contributed by atoms with Crippen molar-refractivity contribution in [2.75, 3.05) is 31.9 Å². The molecular formula is C19H23N3O2. The van der Waals surface area contributed by atoms with Crippen LogP contribution in [0.4, 0.5) is 11.6 Å². The smallest absolute Gasteiger partial charge is 0.163 e. The van der Waals surface area contributed by atoms with E-state index in [0.29, 0.717) is 0 Å². The fourth-order valence-corrected chi connectivity index (χ4v) is 2.29. The molecule has 1 aromatic carbocycles. The van der Waals surface area contributed by atoms with Crippen LogP contribution in [0.1, 0.15) is 11.1 Å². The van der Waals surface area contributed by atoms with E-state index in [1.807, 2.05) is 62.7 Å². The number of nitrogens with one attached hydrogen (secondary N) is 2. The molecule has 2 aromatic rings. The molecule has 0 unspecified atom stereocenters. The van der Waals surface area contributed by atoms with Gasteiger partial charge < -0.3 is 20.1 Å². The highest BCUT2D eigenvalue weighted by Gasteiger charge is 2.07. The van der Waals surface area contributed by atoms with Crippen molar-refractivity contribution in [3.8, 4) is 11.5 Å². The Kier molecular flexibility index (Phi) is 6.25. The Labute approximate surface area is 143 Å². The van der Waals surface area contributed by atoms with Gasteiger partial charge in [0.15, 0.2) is 11.5 Å². The first-order valence-corrected chi connectivity index (χ1v) is 7.65. The Bertz CT molecular complexity index is 739. The third-order valence-corrected chi connectivity index (χ3v) is 3.42. The summed E-state index contributed by atoms with van der Waals surface area (Å²) in [6, 6.07) is 9.76. The first-order valence-electron chi connectivity index (χ1n) is 7.65. The van der Waals surface area contributed by atoms with Gasteiger partial charge in [-0.25, -0.2) is 4.98 Å². The minimum atomic E-state index is 0.729. The number of pyridine rings is 1. The zero-order chi connectivity index (χ0) is 17.4. The predicted octanol–water partition coefficient (Wildman–Crippen LogP) is 4.09. The molecule has 0 aliphatic carbocycles. The third-order valence-electron chi connectivity index (χ3n) is 3.42. The van der Waals surface area contributed by atoms with Crippen molar-refractivity contribution in [3.05, 3.63) is 59.8 Å². The fourth-order valence-electron chi connectivity index (χ4n) is 2.29. The van der Waals surface area contributed by atoms with Gasteiger partial charge in [0.05, 0.1) is 14.2 Å². The second-order valence-corrected chi connectivity index (χ2v) is 5.09. The van der Waals surface area contributed by atoms with Gasteiger partial charge in [-0.2, -0.15) is 0 Å². The van der Waals surface area contributed by atoms with Crippen molar-refractivity contribution >= 4 is 17.7 Å². The summed E-state index contributed by atoms with van der Waals surface area (Å²) in [5, 5.41) is 6.13. The van der Waals surface area contributed by atoms with Crippen molar-refractivity contribution in [3.63, 3.8) is 0 Å². The highest BCUT2D eigenvalue weighted by molar-refractivity contribution is 5.60. The first-order chi connectivity index (χ1) is 11.7. The highest BCUT2D eigenvalue weighted by atomic mass is 16.5. The van der Waals surface area contributed by atoms with Crippen molar-refractivity contribution in [1.82, 2.24) is 4.98 Å². The summed E-state index contributed by atoms with van der Waals surface area (Å²) in [4.78, 5) is 4.37. The van der Waals surface area contributed by atoms with Crippen molar-refractivity contribution in [2.24, 2.45) is 0 Å². The minimum Gasteiger partial charge on any atom is -0.493 e. The monoisotopic (exact) mass is 325 g/mol. The molecule has 0 saturated carbocycles. The topological polar surface area (TPSA) is 55.4 Å². The SMILES string of the molecule is CNc1cccc(NC=C/C=C/c2cc(C)c(OC)c(OC)c2)n1. The standard InChI is InChI=1S/C19H23N3O2/c1-14-12-15(13-16(23-3)19(14)24-4)8-5-6-11-21-18-10-7-9-17(20-2)22-18/h5-13H,1-4H3,(H2,20,21,22)/b8-5+,11-6?. The van der Waals surface area contributed by atoms with Crippen LogP contribution in [0.3, 0.4) is 0 Å². The van der Waals surface area contributed by atoms with Gasteiger partial charge in [-0.15, -0.1) is 0 Å². The van der Waals surface area contributed by atoms with Crippen LogP contribution in [0.25, 0.3) is 6.08 Å². The van der Waals surface area contributed by atoms with E-state index >= 15 is 0 Å². The van der Waals surface area contributed by atoms with Crippen LogP contribution < -0.4 is 20.1 Å². The number of methoxy groups -OCH3 is 2. The zero-order valence-corrected chi connectivity index (χ0v) is 14.5. The molecule has 0 radical (unpaired) electrons. The number of hydrogen-bond acceptors (Lipinski definition) is 5. The van der Waals surface area contributed by atoms with Gasteiger partial charge in [-0.1, -0.05) is 18.2 Å². The molecule has 0 aliphatic heterocycles. The normalized spacial score (nSPS) is 11.0. The summed E-state index contributed by atoms with van der Waals surface area (Å²) in [6.07, 6.45) is 7.71. The molecule has 0 amide bonds. The van der Waals surface area contributed by atoms with E-state index in [4.69, 9.17) is 9.47 Å². The van der Waals surface area contributed by atoms with Crippen molar-refractivity contribution < 1.29 is 9.47 Å². The minimum absolute atomic E-state index is 0.729. The molecular weight excluding hydrogens is 302 g/mol. The molecule has 2 N–H and O–H groups in total. The van der Waals surface area contributed by atoms with E-state index in [-0.39, 0.29) is 0 Å². The lowest BCUT2D eigenvalue weighted by Gasteiger charge is -2.11. The molecule has 0 spiro atoms. The van der Waals surface area contributed by atoms with Gasteiger partial charge in [0.25, 0.3) is 0 Å². The van der Waals surface area contributed by atoms with Crippen LogP contribution >= 0.6 is 0 Å². The number of benzene rings is 1. The number of rotatable bonds is 7. The van der Waals surface area contributed by atoms with Crippen molar-refractivity contribution in [2.45, 2.75) is 6.92 Å². The molecule has 0 fully saturated rings. The molecule has 0 bridgehead atoms. The number of allylic oxidation sites excluding steroid dienone is 2. The Morgan fingerprint density at radius 3 is 2.54 bits per heavy atom. The maximum Gasteiger partial charge on any atom is 0.163 e. The Balaban J connectivity index is 2.02. The number of nitrogens with zero attached hydrogens (tertiary/aromatic N) is 1. The number of aryl methyl sites for hydroxylation is 1. The average Bonchev–Trinajstić information content (AvgIpc) is 2.61. The van der Waals surface area contributed by atoms with E-state index in [1.54, 1.807) is 14.2 Å². The lowest BCUT2D eigenvalue weighted by Crippen LogP contribution is -1.95. The summed E-state index contributed by atoms with van der Waals surface area (Å²) in [7, 11) is 5.13. The van der Waals surface area contributed by atoms with E-state index in [0.717, 1.165) is 34.3 Å². The van der Waals surface area contributed by atoms with E-state index in [9.17, 15) is 0 Å². The molecule has 24 heavy (non-hydrogen) atoms. The maximum absolute atomic E-state index is 5.36. The second kappa shape index (κ2) is 8.62. The number of anilines is 2. The highest BCUT2D eigenvalue weighted by Crippen LogP contribution is 2.32. The van der Waals surface area contributed by atoms with Crippen LogP contribution in [-0.2, 0) is 0 Å². The molecule has 0 atom stereocenters. The average molecular weight is 325 g/mol. The lowest BCUT2D eigenvalue weighted by molar-refractivity contribution is 0.353. The summed E-state index contributed by atoms with van der Waals surface area (Å²) >= 11 is 0. The number of hydrogen-bond donors (Lipinski definition) is 2. The summed E-state index contributed by atoms with van der Waals surface area (Å²) in [5.41, 5.74) is 2.08. The maximum atomic E-state index is 5.36. The summed E-state index contributed by atoms with van der Waals surface area (Å²) < 4.78 is 10.7. The molecule has 1 heterocycles. The summed E-state index contributed by atoms with van der Waals surface area (Å²) in [5.74, 6) is 3.10.